The summed E-state index contributed by atoms with van der Waals surface area (Å²) in [6.07, 6.45) is 2.83. The average Bonchev–Trinajstić information content (AvgIpc) is 2.15. The van der Waals surface area contributed by atoms with Crippen LogP contribution in [0.15, 0.2) is 12.3 Å². The number of rotatable bonds is 4. The van der Waals surface area contributed by atoms with Crippen LogP contribution in [0.2, 0.25) is 0 Å². The lowest BCUT2D eigenvalue weighted by atomic mass is 10.1. The molecule has 0 amide bonds. The minimum absolute atomic E-state index is 0.0159. The fourth-order valence-corrected chi connectivity index (χ4v) is 1.20. The van der Waals surface area contributed by atoms with E-state index in [-0.39, 0.29) is 5.54 Å². The maximum atomic E-state index is 4.41. The Labute approximate surface area is 97.9 Å². The summed E-state index contributed by atoms with van der Waals surface area (Å²) < 4.78 is 0. The summed E-state index contributed by atoms with van der Waals surface area (Å²) in [5.41, 5.74) is 0.0159. The maximum absolute atomic E-state index is 4.41. The molecule has 4 nitrogen and oxygen atoms in total. The van der Waals surface area contributed by atoms with Crippen LogP contribution in [0.5, 0.6) is 0 Å². The molecule has 0 spiro atoms. The Kier molecular flexibility index (Phi) is 4.10. The molecule has 1 aromatic rings. The van der Waals surface area contributed by atoms with E-state index in [1.165, 1.54) is 0 Å². The van der Waals surface area contributed by atoms with Crippen molar-refractivity contribution in [1.29, 1.82) is 0 Å². The Hall–Kier alpha value is -1.32. The SMILES string of the molecule is CCC(C)Nc1nccc(NC(C)(C)C)n1. The molecular weight excluding hydrogens is 200 g/mol. The standard InChI is InChI=1S/C12H22N4/c1-6-9(2)14-11-13-8-7-10(15-11)16-12(3,4)5/h7-9H,6H2,1-5H3,(H2,13,14,15,16). The van der Waals surface area contributed by atoms with E-state index in [0.29, 0.717) is 12.0 Å². The van der Waals surface area contributed by atoms with Crippen LogP contribution in [0, 0.1) is 0 Å². The van der Waals surface area contributed by atoms with Crippen molar-refractivity contribution in [3.05, 3.63) is 12.3 Å². The number of hydrogen-bond donors (Lipinski definition) is 2. The third kappa shape index (κ3) is 4.47. The van der Waals surface area contributed by atoms with Gasteiger partial charge < -0.3 is 10.6 Å². The Bertz CT molecular complexity index is 330. The lowest BCUT2D eigenvalue weighted by molar-refractivity contribution is 0.630. The van der Waals surface area contributed by atoms with E-state index in [0.717, 1.165) is 12.2 Å². The predicted octanol–water partition coefficient (Wildman–Crippen LogP) is 2.90. The van der Waals surface area contributed by atoms with Gasteiger partial charge in [-0.2, -0.15) is 4.98 Å². The van der Waals surface area contributed by atoms with Crippen LogP contribution < -0.4 is 10.6 Å². The van der Waals surface area contributed by atoms with Gasteiger partial charge in [0.15, 0.2) is 0 Å². The number of aromatic nitrogens is 2. The molecule has 0 aliphatic carbocycles. The van der Waals surface area contributed by atoms with Gasteiger partial charge in [0.05, 0.1) is 0 Å². The van der Waals surface area contributed by atoms with E-state index in [2.05, 4.69) is 55.2 Å². The van der Waals surface area contributed by atoms with E-state index in [1.807, 2.05) is 6.07 Å². The second-order valence-electron chi connectivity index (χ2n) is 5.09. The lowest BCUT2D eigenvalue weighted by Crippen LogP contribution is -2.27. The number of nitrogens with one attached hydrogen (secondary N) is 2. The molecule has 4 heteroatoms. The minimum atomic E-state index is 0.0159. The van der Waals surface area contributed by atoms with Crippen LogP contribution in [0.25, 0.3) is 0 Å². The molecule has 0 saturated carbocycles. The third-order valence-corrected chi connectivity index (χ3v) is 2.15. The number of anilines is 2. The highest BCUT2D eigenvalue weighted by Gasteiger charge is 2.10. The molecule has 1 atom stereocenters. The largest absolute Gasteiger partial charge is 0.365 e. The van der Waals surface area contributed by atoms with Gasteiger partial charge in [-0.25, -0.2) is 4.98 Å². The second kappa shape index (κ2) is 5.14. The van der Waals surface area contributed by atoms with Gasteiger partial charge in [-0.1, -0.05) is 6.92 Å². The molecule has 1 unspecified atom stereocenters. The molecule has 0 radical (unpaired) electrons. The molecule has 0 saturated heterocycles. The number of nitrogens with zero attached hydrogens (tertiary/aromatic N) is 2. The maximum Gasteiger partial charge on any atom is 0.224 e. The smallest absolute Gasteiger partial charge is 0.224 e. The summed E-state index contributed by atoms with van der Waals surface area (Å²) in [4.78, 5) is 8.61. The Morgan fingerprint density at radius 1 is 1.38 bits per heavy atom. The summed E-state index contributed by atoms with van der Waals surface area (Å²) >= 11 is 0. The van der Waals surface area contributed by atoms with E-state index < -0.39 is 0 Å². The zero-order chi connectivity index (χ0) is 12.2. The summed E-state index contributed by atoms with van der Waals surface area (Å²) in [7, 11) is 0. The van der Waals surface area contributed by atoms with Crippen LogP contribution in [-0.2, 0) is 0 Å². The Balaban J connectivity index is 2.71. The molecule has 0 bridgehead atoms. The highest BCUT2D eigenvalue weighted by Crippen LogP contribution is 2.13. The van der Waals surface area contributed by atoms with E-state index >= 15 is 0 Å². The van der Waals surface area contributed by atoms with Crippen molar-refractivity contribution in [3.63, 3.8) is 0 Å². The van der Waals surface area contributed by atoms with Gasteiger partial charge in [-0.05, 0) is 40.2 Å². The molecule has 16 heavy (non-hydrogen) atoms. The Morgan fingerprint density at radius 2 is 2.06 bits per heavy atom. The fraction of sp³-hybridized carbons (Fsp3) is 0.667. The second-order valence-corrected chi connectivity index (χ2v) is 5.09. The Morgan fingerprint density at radius 3 is 2.62 bits per heavy atom. The highest BCUT2D eigenvalue weighted by molar-refractivity contribution is 5.41. The quantitative estimate of drug-likeness (QED) is 0.822. The first-order valence-corrected chi connectivity index (χ1v) is 5.78. The predicted molar refractivity (Wildman–Crippen MR) is 68.8 cm³/mol. The average molecular weight is 222 g/mol. The first-order chi connectivity index (χ1) is 7.40. The first-order valence-electron chi connectivity index (χ1n) is 5.78. The van der Waals surface area contributed by atoms with Gasteiger partial charge in [-0.15, -0.1) is 0 Å². The van der Waals surface area contributed by atoms with Gasteiger partial charge in [0.1, 0.15) is 5.82 Å². The zero-order valence-corrected chi connectivity index (χ0v) is 10.8. The lowest BCUT2D eigenvalue weighted by Gasteiger charge is -2.21. The van der Waals surface area contributed by atoms with Gasteiger partial charge in [0.25, 0.3) is 0 Å². The van der Waals surface area contributed by atoms with Crippen LogP contribution in [0.1, 0.15) is 41.0 Å². The number of hydrogen-bond acceptors (Lipinski definition) is 4. The summed E-state index contributed by atoms with van der Waals surface area (Å²) in [6, 6.07) is 2.28. The van der Waals surface area contributed by atoms with Crippen LogP contribution in [-0.4, -0.2) is 21.5 Å². The van der Waals surface area contributed by atoms with Gasteiger partial charge >= 0.3 is 0 Å². The van der Waals surface area contributed by atoms with Gasteiger partial charge in [0.2, 0.25) is 5.95 Å². The van der Waals surface area contributed by atoms with Crippen molar-refractivity contribution >= 4 is 11.8 Å². The molecule has 0 aliphatic heterocycles. The van der Waals surface area contributed by atoms with Crippen molar-refractivity contribution in [2.45, 2.75) is 52.6 Å². The van der Waals surface area contributed by atoms with E-state index in [1.54, 1.807) is 6.20 Å². The molecule has 1 heterocycles. The van der Waals surface area contributed by atoms with Crippen LogP contribution in [0.3, 0.4) is 0 Å². The molecule has 0 aliphatic rings. The normalized spacial score (nSPS) is 13.3. The molecule has 1 rings (SSSR count). The summed E-state index contributed by atoms with van der Waals surface area (Å²) in [5, 5.41) is 6.58. The van der Waals surface area contributed by atoms with Crippen LogP contribution in [0.4, 0.5) is 11.8 Å². The molecule has 2 N–H and O–H groups in total. The summed E-state index contributed by atoms with van der Waals surface area (Å²) in [5.74, 6) is 1.54. The molecule has 0 fully saturated rings. The molecule has 0 aromatic carbocycles. The van der Waals surface area contributed by atoms with Gasteiger partial charge in [0, 0.05) is 17.8 Å². The molecule has 1 aromatic heterocycles. The van der Waals surface area contributed by atoms with Crippen LogP contribution >= 0.6 is 0 Å². The van der Waals surface area contributed by atoms with Crippen molar-refractivity contribution < 1.29 is 0 Å². The van der Waals surface area contributed by atoms with Crippen molar-refractivity contribution in [1.82, 2.24) is 9.97 Å². The van der Waals surface area contributed by atoms with Gasteiger partial charge in [-0.3, -0.25) is 0 Å². The summed E-state index contributed by atoms with van der Waals surface area (Å²) in [6.45, 7) is 10.6. The van der Waals surface area contributed by atoms with E-state index in [9.17, 15) is 0 Å². The topological polar surface area (TPSA) is 49.8 Å². The highest BCUT2D eigenvalue weighted by atomic mass is 15.2. The zero-order valence-electron chi connectivity index (χ0n) is 10.8. The fourth-order valence-electron chi connectivity index (χ4n) is 1.20. The van der Waals surface area contributed by atoms with Crippen molar-refractivity contribution in [2.75, 3.05) is 10.6 Å². The first kappa shape index (κ1) is 12.7. The monoisotopic (exact) mass is 222 g/mol. The van der Waals surface area contributed by atoms with E-state index in [4.69, 9.17) is 0 Å². The molecule has 90 valence electrons. The van der Waals surface area contributed by atoms with Crippen molar-refractivity contribution in [3.8, 4) is 0 Å². The molecular formula is C12H22N4. The minimum Gasteiger partial charge on any atom is -0.365 e. The van der Waals surface area contributed by atoms with Crippen molar-refractivity contribution in [2.24, 2.45) is 0 Å². The third-order valence-electron chi connectivity index (χ3n) is 2.15.